The SMILES string of the molecule is C/C(=C\C#N)Nc1ccc(C)cc1.CCC(=O)Nc1ccc(C)cc1.CCCOC(=O)Nc1ccc(C)cc1.CCOC(=O)Nc1ccc(C)cc1.CCOC(=O)Nc1cccc(C)c1.Cc1ccc(NC(=O)C2CC2)cc1.Cc1ccc(NC(=O)Nc2ccc(C(C)C)cc2)cc1.Cc1ccc(NC(=O)c2ccccc2)cc1.Cc1cccc(NC(=O)OC2CCCC2)c1. The van der Waals surface area contributed by atoms with Crippen LogP contribution in [0.4, 0.5) is 80.8 Å². The molecule has 130 heavy (non-hydrogen) atoms. The van der Waals surface area contributed by atoms with E-state index in [1.54, 1.807) is 26.0 Å². The minimum Gasteiger partial charge on any atom is -0.450 e. The fraction of sp³-hybridized carbons (Fsp3) is 0.280. The summed E-state index contributed by atoms with van der Waals surface area (Å²) in [6, 6.07) is 88.4. The zero-order valence-electron chi connectivity index (χ0n) is 77.9. The second kappa shape index (κ2) is 60.0. The molecule has 11 aromatic rings. The Kier molecular flexibility index (Phi) is 48.8. The number of nitrogens with zero attached hydrogens (tertiary/aromatic N) is 1. The smallest absolute Gasteiger partial charge is 0.411 e. The average molecular weight is 1760 g/mol. The first kappa shape index (κ1) is 106. The normalized spacial score (nSPS) is 11.2. The molecule has 2 aliphatic carbocycles. The molecule has 0 heterocycles. The van der Waals surface area contributed by atoms with E-state index in [9.17, 15) is 38.4 Å². The Morgan fingerprint density at radius 3 is 1.05 bits per heavy atom. The molecule has 2 aliphatic rings. The van der Waals surface area contributed by atoms with Crippen molar-refractivity contribution in [1.29, 1.82) is 5.26 Å². The maximum atomic E-state index is 11.9. The Bertz CT molecular complexity index is 5290. The Balaban J connectivity index is 0.000000260. The maximum absolute atomic E-state index is 11.9. The van der Waals surface area contributed by atoms with E-state index in [-0.39, 0.29) is 41.9 Å². The highest BCUT2D eigenvalue weighted by Crippen LogP contribution is 2.30. The van der Waals surface area contributed by atoms with Gasteiger partial charge in [0.1, 0.15) is 6.10 Å². The number of benzene rings is 11. The molecule has 2 fully saturated rings. The van der Waals surface area contributed by atoms with E-state index < -0.39 is 18.3 Å². The number of carbonyl (C=O) groups is 8. The molecule has 13 rings (SSSR count). The number of hydrogen-bond acceptors (Lipinski definition) is 14. The second-order valence-electron chi connectivity index (χ2n) is 31.1. The van der Waals surface area contributed by atoms with Gasteiger partial charge >= 0.3 is 30.4 Å². The highest BCUT2D eigenvalue weighted by Gasteiger charge is 2.29. The number of anilines is 10. The van der Waals surface area contributed by atoms with Crippen LogP contribution in [0.2, 0.25) is 0 Å². The van der Waals surface area contributed by atoms with Crippen LogP contribution < -0.4 is 53.2 Å². The molecule has 11 aromatic carbocycles. The van der Waals surface area contributed by atoms with E-state index in [2.05, 4.69) is 67.0 Å². The van der Waals surface area contributed by atoms with Gasteiger partial charge in [-0.1, -0.05) is 206 Å². The lowest BCUT2D eigenvalue weighted by Crippen LogP contribution is -2.20. The predicted octanol–water partition coefficient (Wildman–Crippen LogP) is 27.1. The van der Waals surface area contributed by atoms with Gasteiger partial charge in [-0.05, 0) is 284 Å². The van der Waals surface area contributed by atoms with Crippen molar-refractivity contribution in [2.45, 2.75) is 174 Å². The summed E-state index contributed by atoms with van der Waals surface area (Å²) in [6.45, 7) is 32.8. The average Bonchev–Trinajstić information content (AvgIpc) is 1.77. The number of amides is 9. The van der Waals surface area contributed by atoms with E-state index in [0.717, 1.165) is 117 Å². The van der Waals surface area contributed by atoms with Gasteiger partial charge in [-0.3, -0.25) is 35.7 Å². The number of aryl methyl sites for hydroxylation is 9. The van der Waals surface area contributed by atoms with E-state index in [4.69, 9.17) is 24.2 Å². The number of carbonyl (C=O) groups excluding carboxylic acids is 8. The lowest BCUT2D eigenvalue weighted by Gasteiger charge is -2.12. The fourth-order valence-electron chi connectivity index (χ4n) is 11.4. The van der Waals surface area contributed by atoms with Gasteiger partial charge in [0.25, 0.3) is 5.91 Å². The number of nitrogens with one attached hydrogen (secondary N) is 10. The van der Waals surface area contributed by atoms with Crippen molar-refractivity contribution >= 4 is 105 Å². The van der Waals surface area contributed by atoms with Crippen LogP contribution in [-0.4, -0.2) is 74.1 Å². The monoisotopic (exact) mass is 1760 g/mol. The second-order valence-corrected chi connectivity index (χ2v) is 31.1. The van der Waals surface area contributed by atoms with E-state index in [0.29, 0.717) is 37.7 Å². The first-order chi connectivity index (χ1) is 62.4. The van der Waals surface area contributed by atoms with Crippen molar-refractivity contribution < 1.29 is 57.3 Å². The third-order valence-electron chi connectivity index (χ3n) is 18.8. The van der Waals surface area contributed by atoms with Crippen molar-refractivity contribution in [3.8, 4) is 6.07 Å². The van der Waals surface area contributed by atoms with Crippen molar-refractivity contribution in [1.82, 2.24) is 0 Å². The van der Waals surface area contributed by atoms with Gasteiger partial charge in [0.2, 0.25) is 11.8 Å². The van der Waals surface area contributed by atoms with Crippen molar-refractivity contribution in [3.05, 3.63) is 346 Å². The number of ether oxygens (including phenoxy) is 4. The Morgan fingerprint density at radius 1 is 0.362 bits per heavy atom. The number of hydrogen-bond donors (Lipinski definition) is 10. The van der Waals surface area contributed by atoms with Crippen LogP contribution in [0, 0.1) is 79.6 Å². The highest BCUT2D eigenvalue weighted by atomic mass is 16.6. The van der Waals surface area contributed by atoms with Crippen LogP contribution in [0.5, 0.6) is 0 Å². The molecular formula is C107H129N11O12. The Morgan fingerprint density at radius 2 is 0.700 bits per heavy atom. The van der Waals surface area contributed by atoms with Crippen LogP contribution in [0.1, 0.15) is 172 Å². The van der Waals surface area contributed by atoms with Crippen LogP contribution in [0.25, 0.3) is 0 Å². The molecule has 23 heteroatoms. The predicted molar refractivity (Wildman–Crippen MR) is 530 cm³/mol. The minimum absolute atomic E-state index is 0.0545. The summed E-state index contributed by atoms with van der Waals surface area (Å²) in [5.41, 5.74) is 21.6. The molecule has 0 radical (unpaired) electrons. The summed E-state index contributed by atoms with van der Waals surface area (Å²) >= 11 is 0. The largest absolute Gasteiger partial charge is 0.450 e. The first-order valence-corrected chi connectivity index (χ1v) is 43.8. The number of rotatable bonds is 20. The van der Waals surface area contributed by atoms with Gasteiger partial charge < -0.3 is 50.8 Å². The molecule has 23 nitrogen and oxygen atoms in total. The third-order valence-corrected chi connectivity index (χ3v) is 18.8. The number of allylic oxidation sites excluding steroid dienone is 2. The molecule has 10 N–H and O–H groups in total. The summed E-state index contributed by atoms with van der Waals surface area (Å²) in [5.74, 6) is 0.916. The minimum atomic E-state index is -0.411. The summed E-state index contributed by atoms with van der Waals surface area (Å²) in [7, 11) is 0. The van der Waals surface area contributed by atoms with Gasteiger partial charge in [-0.15, -0.1) is 0 Å². The molecule has 0 aromatic heterocycles. The lowest BCUT2D eigenvalue weighted by molar-refractivity contribution is -0.117. The van der Waals surface area contributed by atoms with Crippen molar-refractivity contribution in [2.75, 3.05) is 73.0 Å². The van der Waals surface area contributed by atoms with Crippen molar-refractivity contribution in [2.24, 2.45) is 5.92 Å². The van der Waals surface area contributed by atoms with Crippen LogP contribution in [0.3, 0.4) is 0 Å². The van der Waals surface area contributed by atoms with Crippen LogP contribution in [-0.2, 0) is 28.5 Å². The number of nitriles is 1. The molecule has 9 amide bonds. The van der Waals surface area contributed by atoms with Gasteiger partial charge in [0.15, 0.2) is 0 Å². The standard InChI is InChI=1S/C17H20N2O.C14H13NO.C13H17NO2.C11H12N2.C11H15NO2.C11H13NO.2C10H13NO2.C10H13NO/c1-12(2)14-6-10-16(11-7-14)19-17(20)18-15-8-4-13(3)5-9-15;1-11-7-9-13(10-8-11)15-14(16)12-5-3-2-4-6-12;1-10-5-4-6-11(9-10)14-13(15)16-12-7-2-3-8-12;1-9-3-5-11(6-4-9)13-10(2)7-8-12;1-3-8-14-11(13)12-10-6-4-9(2)5-7-10;1-8-2-6-10(7-3-8)12-11(13)9-4-5-9;1-3-13-10(12)11-9-6-4-8(2)5-7-9;1-3-13-10(12)11-9-6-4-5-8(2)7-9;1-3-10(12)11-9-6-4-8(2)5-7-9/h4-12H,1-3H3,(H2,18,19,20);2-10H,1H3,(H,15,16);4-6,9,12H,2-3,7-8H2,1H3,(H,14,15);3-7,13H,1-2H3;4-7H,3,8H2,1-2H3,(H,12,13);2-3,6-7,9H,4-5H2,1H3,(H,12,13);2*4-7H,3H2,1-2H3,(H,11,12);4-7H,3H2,1-2H3,(H,11,12)/b;;;10-7+;;;;;. The summed E-state index contributed by atoms with van der Waals surface area (Å²) in [6.07, 6.45) is 7.86. The van der Waals surface area contributed by atoms with Gasteiger partial charge in [-0.25, -0.2) is 24.0 Å². The lowest BCUT2D eigenvalue weighted by atomic mass is 10.0. The van der Waals surface area contributed by atoms with Crippen LogP contribution in [0.15, 0.2) is 285 Å². The first-order valence-electron chi connectivity index (χ1n) is 43.8. The fourth-order valence-corrected chi connectivity index (χ4v) is 11.4. The molecule has 684 valence electrons. The summed E-state index contributed by atoms with van der Waals surface area (Å²) < 4.78 is 19.6. The number of urea groups is 1. The van der Waals surface area contributed by atoms with E-state index >= 15 is 0 Å². The molecule has 0 saturated heterocycles. The van der Waals surface area contributed by atoms with Gasteiger partial charge in [-0.2, -0.15) is 5.26 Å². The topological polar surface area (TPSA) is 318 Å². The highest BCUT2D eigenvalue weighted by molar-refractivity contribution is 6.04. The van der Waals surface area contributed by atoms with Gasteiger partial charge in [0, 0.05) is 86.5 Å². The summed E-state index contributed by atoms with van der Waals surface area (Å²) in [5, 5.41) is 36.3. The van der Waals surface area contributed by atoms with Gasteiger partial charge in [0.05, 0.1) is 25.9 Å². The molecule has 0 aliphatic heterocycles. The quantitative estimate of drug-likeness (QED) is 0.0251. The zero-order chi connectivity index (χ0) is 95.0. The molecule has 0 bridgehead atoms. The molecule has 0 atom stereocenters. The molecule has 0 spiro atoms. The van der Waals surface area contributed by atoms with Crippen molar-refractivity contribution in [3.63, 3.8) is 0 Å². The van der Waals surface area contributed by atoms with Crippen LogP contribution >= 0.6 is 0 Å². The molecular weight excluding hydrogens is 1630 g/mol. The van der Waals surface area contributed by atoms with E-state index in [1.807, 2.05) is 350 Å². The third kappa shape index (κ3) is 47.0. The zero-order valence-corrected chi connectivity index (χ0v) is 77.9. The maximum Gasteiger partial charge on any atom is 0.411 e. The Labute approximate surface area is 768 Å². The molecule has 2 saturated carbocycles. The Hall–Kier alpha value is -14.8. The molecule has 0 unspecified atom stereocenters. The summed E-state index contributed by atoms with van der Waals surface area (Å²) in [4.78, 5) is 90.6. The van der Waals surface area contributed by atoms with E-state index in [1.165, 1.54) is 52.3 Å².